The van der Waals surface area contributed by atoms with Gasteiger partial charge in [0.25, 0.3) is 0 Å². The molecule has 0 aromatic heterocycles. The van der Waals surface area contributed by atoms with Gasteiger partial charge in [-0.2, -0.15) is 0 Å². The molecule has 0 spiro atoms. The van der Waals surface area contributed by atoms with Gasteiger partial charge in [0.05, 0.1) is 25.3 Å². The molecule has 6 nitrogen and oxygen atoms in total. The Kier molecular flexibility index (Phi) is 6.77. The van der Waals surface area contributed by atoms with Crippen LogP contribution in [0.1, 0.15) is 19.4 Å². The van der Waals surface area contributed by atoms with E-state index in [1.165, 1.54) is 0 Å². The van der Waals surface area contributed by atoms with Crippen LogP contribution in [-0.2, 0) is 14.3 Å². The fraction of sp³-hybridized carbons (Fsp3) is 0.529. The first-order chi connectivity index (χ1) is 11.3. The van der Waals surface area contributed by atoms with E-state index in [0.717, 1.165) is 28.8 Å². The normalized spacial score (nSPS) is 21.3. The van der Waals surface area contributed by atoms with Crippen LogP contribution in [0, 0.1) is 6.92 Å². The largest absolute Gasteiger partial charge is 0.373 e. The number of hydrogen-bond donors (Lipinski definition) is 2. The number of carbonyl (C=O) groups excluding carboxylic acids is 2. The molecule has 0 bridgehead atoms. The summed E-state index contributed by atoms with van der Waals surface area (Å²) in [5.74, 6) is -0.392. The van der Waals surface area contributed by atoms with Crippen molar-refractivity contribution in [1.29, 1.82) is 0 Å². The molecule has 1 fully saturated rings. The van der Waals surface area contributed by atoms with Gasteiger partial charge in [0.2, 0.25) is 11.8 Å². The van der Waals surface area contributed by atoms with E-state index in [-0.39, 0.29) is 37.1 Å². The topological polar surface area (TPSA) is 70.7 Å². The van der Waals surface area contributed by atoms with Crippen molar-refractivity contribution in [2.45, 2.75) is 33.0 Å². The number of halogens is 1. The lowest BCUT2D eigenvalue weighted by Gasteiger charge is -2.34. The van der Waals surface area contributed by atoms with E-state index in [1.54, 1.807) is 0 Å². The van der Waals surface area contributed by atoms with Crippen LogP contribution >= 0.6 is 15.9 Å². The van der Waals surface area contributed by atoms with Crippen LogP contribution in [0.3, 0.4) is 0 Å². The molecule has 2 rings (SSSR count). The van der Waals surface area contributed by atoms with Gasteiger partial charge in [0.15, 0.2) is 0 Å². The predicted octanol–water partition coefficient (Wildman–Crippen LogP) is 1.92. The van der Waals surface area contributed by atoms with E-state index >= 15 is 0 Å². The van der Waals surface area contributed by atoms with E-state index in [1.807, 2.05) is 43.9 Å². The Morgan fingerprint density at radius 2 is 1.92 bits per heavy atom. The molecule has 1 aromatic rings. The van der Waals surface area contributed by atoms with Gasteiger partial charge in [0.1, 0.15) is 0 Å². The minimum Gasteiger partial charge on any atom is -0.373 e. The molecule has 1 aromatic carbocycles. The van der Waals surface area contributed by atoms with Crippen molar-refractivity contribution in [2.24, 2.45) is 0 Å². The van der Waals surface area contributed by atoms with Crippen LogP contribution in [0.15, 0.2) is 22.7 Å². The number of rotatable bonds is 5. The summed E-state index contributed by atoms with van der Waals surface area (Å²) in [6.45, 7) is 7.60. The quantitative estimate of drug-likeness (QED) is 0.795. The summed E-state index contributed by atoms with van der Waals surface area (Å²) < 4.78 is 6.60. The highest BCUT2D eigenvalue weighted by atomic mass is 79.9. The van der Waals surface area contributed by atoms with Crippen molar-refractivity contribution < 1.29 is 14.3 Å². The maximum atomic E-state index is 12.0. The number of nitrogens with one attached hydrogen (secondary N) is 2. The molecule has 1 aliphatic heterocycles. The lowest BCUT2D eigenvalue weighted by Crippen LogP contribution is -2.49. The third-order valence-electron chi connectivity index (χ3n) is 3.77. The third-order valence-corrected chi connectivity index (χ3v) is 4.26. The van der Waals surface area contributed by atoms with Crippen LogP contribution in [0.5, 0.6) is 0 Å². The zero-order valence-corrected chi connectivity index (χ0v) is 15.9. The van der Waals surface area contributed by atoms with Gasteiger partial charge in [-0.25, -0.2) is 0 Å². The van der Waals surface area contributed by atoms with Crippen molar-refractivity contribution >= 4 is 33.4 Å². The van der Waals surface area contributed by atoms with Gasteiger partial charge in [-0.3, -0.25) is 14.5 Å². The molecule has 2 amide bonds. The van der Waals surface area contributed by atoms with Crippen LogP contribution in [0.4, 0.5) is 5.69 Å². The smallest absolute Gasteiger partial charge is 0.243 e. The van der Waals surface area contributed by atoms with Crippen molar-refractivity contribution in [3.05, 3.63) is 28.2 Å². The van der Waals surface area contributed by atoms with Crippen LogP contribution in [-0.4, -0.2) is 55.1 Å². The molecule has 1 saturated heterocycles. The monoisotopic (exact) mass is 397 g/mol. The average Bonchev–Trinajstić information content (AvgIpc) is 2.47. The first-order valence-corrected chi connectivity index (χ1v) is 8.83. The fourth-order valence-corrected chi connectivity index (χ4v) is 3.29. The number of ether oxygens (including phenoxy) is 1. The highest BCUT2D eigenvalue weighted by Crippen LogP contribution is 2.19. The van der Waals surface area contributed by atoms with Crippen LogP contribution < -0.4 is 10.6 Å². The molecule has 0 radical (unpaired) electrons. The fourth-order valence-electron chi connectivity index (χ4n) is 2.81. The molecule has 24 heavy (non-hydrogen) atoms. The van der Waals surface area contributed by atoms with Gasteiger partial charge in [-0.15, -0.1) is 0 Å². The van der Waals surface area contributed by atoms with Gasteiger partial charge >= 0.3 is 0 Å². The summed E-state index contributed by atoms with van der Waals surface area (Å²) in [5, 5.41) is 5.47. The third kappa shape index (κ3) is 5.89. The molecule has 1 heterocycles. The van der Waals surface area contributed by atoms with E-state index in [2.05, 4.69) is 26.6 Å². The zero-order chi connectivity index (χ0) is 17.7. The number of aryl methyl sites for hydroxylation is 1. The standard InChI is InChI=1S/C17H24BrN3O3/c1-11-6-14(18)4-5-15(11)20-16(22)7-19-17(23)10-21-8-12(2)24-13(3)9-21/h4-6,12-13H,7-10H2,1-3H3,(H,19,23)(H,20,22)/t12-,13-/m0/s1. The summed E-state index contributed by atoms with van der Waals surface area (Å²) in [5.41, 5.74) is 1.70. The van der Waals surface area contributed by atoms with Crippen molar-refractivity contribution in [3.8, 4) is 0 Å². The lowest BCUT2D eigenvalue weighted by atomic mass is 10.2. The maximum Gasteiger partial charge on any atom is 0.243 e. The first-order valence-electron chi connectivity index (χ1n) is 8.04. The zero-order valence-electron chi connectivity index (χ0n) is 14.3. The number of hydrogen-bond acceptors (Lipinski definition) is 4. The highest BCUT2D eigenvalue weighted by Gasteiger charge is 2.23. The summed E-state index contributed by atoms with van der Waals surface area (Å²) in [6, 6.07) is 5.62. The van der Waals surface area contributed by atoms with Crippen LogP contribution in [0.25, 0.3) is 0 Å². The molecule has 132 valence electrons. The lowest BCUT2D eigenvalue weighted by molar-refractivity contribution is -0.128. The Morgan fingerprint density at radius 3 is 2.54 bits per heavy atom. The van der Waals surface area contributed by atoms with Crippen LogP contribution in [0.2, 0.25) is 0 Å². The number of amides is 2. The predicted molar refractivity (Wildman–Crippen MR) is 97.0 cm³/mol. The summed E-state index contributed by atoms with van der Waals surface area (Å²) in [7, 11) is 0. The average molecular weight is 398 g/mol. The second-order valence-corrected chi connectivity index (χ2v) is 7.15. The van der Waals surface area contributed by atoms with Gasteiger partial charge < -0.3 is 15.4 Å². The molecule has 2 N–H and O–H groups in total. The number of nitrogens with zero attached hydrogens (tertiary/aromatic N) is 1. The van der Waals surface area contributed by atoms with Gasteiger partial charge in [-0.05, 0) is 44.5 Å². The summed E-state index contributed by atoms with van der Waals surface area (Å²) in [4.78, 5) is 26.0. The Labute approximate surface area is 151 Å². The van der Waals surface area contributed by atoms with E-state index < -0.39 is 0 Å². The van der Waals surface area contributed by atoms with Crippen molar-refractivity contribution in [2.75, 3.05) is 31.5 Å². The molecular formula is C17H24BrN3O3. The van der Waals surface area contributed by atoms with Gasteiger partial charge in [-0.1, -0.05) is 15.9 Å². The Morgan fingerprint density at radius 1 is 1.25 bits per heavy atom. The number of benzene rings is 1. The molecule has 0 saturated carbocycles. The minimum atomic E-state index is -0.238. The number of carbonyl (C=O) groups is 2. The first kappa shape index (κ1) is 18.9. The number of anilines is 1. The van der Waals surface area contributed by atoms with E-state index in [0.29, 0.717) is 0 Å². The summed E-state index contributed by atoms with van der Waals surface area (Å²) in [6.07, 6.45) is 0.232. The second kappa shape index (κ2) is 8.60. The molecular weight excluding hydrogens is 374 g/mol. The minimum absolute atomic E-state index is 0.0379. The Balaban J connectivity index is 1.76. The Bertz CT molecular complexity index is 599. The van der Waals surface area contributed by atoms with Crippen molar-refractivity contribution in [3.63, 3.8) is 0 Å². The highest BCUT2D eigenvalue weighted by molar-refractivity contribution is 9.10. The van der Waals surface area contributed by atoms with Gasteiger partial charge in [0, 0.05) is 23.2 Å². The molecule has 2 atom stereocenters. The molecule has 0 unspecified atom stereocenters. The molecule has 1 aliphatic rings. The van der Waals surface area contributed by atoms with Crippen molar-refractivity contribution in [1.82, 2.24) is 10.2 Å². The van der Waals surface area contributed by atoms with E-state index in [9.17, 15) is 9.59 Å². The Hall–Kier alpha value is -1.44. The number of morpholine rings is 1. The molecule has 7 heteroatoms. The molecule has 0 aliphatic carbocycles. The summed E-state index contributed by atoms with van der Waals surface area (Å²) >= 11 is 3.38. The SMILES string of the molecule is Cc1cc(Br)ccc1NC(=O)CNC(=O)CN1C[C@H](C)O[C@@H](C)C1. The maximum absolute atomic E-state index is 12.0. The van der Waals surface area contributed by atoms with E-state index in [4.69, 9.17) is 4.74 Å². The second-order valence-electron chi connectivity index (χ2n) is 6.24.